The molecule has 1 heterocycles. The van der Waals surface area contributed by atoms with Crippen LogP contribution < -0.4 is 0 Å². The number of rotatable bonds is 3. The lowest BCUT2D eigenvalue weighted by Gasteiger charge is -2.26. The van der Waals surface area contributed by atoms with Crippen LogP contribution in [-0.2, 0) is 5.60 Å². The molecule has 17 heavy (non-hydrogen) atoms. The molecule has 0 aliphatic rings. The Hall–Kier alpha value is -1.40. The van der Waals surface area contributed by atoms with Gasteiger partial charge in [-0.25, -0.2) is 9.97 Å². The quantitative estimate of drug-likeness (QED) is 0.814. The van der Waals surface area contributed by atoms with Crippen molar-refractivity contribution in [3.8, 4) is 11.8 Å². The molecule has 1 N–H and O–H groups in total. The molecule has 0 bridgehead atoms. The number of hydrogen-bond acceptors (Lipinski definition) is 3. The van der Waals surface area contributed by atoms with Gasteiger partial charge in [-0.05, 0) is 11.8 Å². The molecule has 0 aromatic carbocycles. The smallest absolute Gasteiger partial charge is 0.156 e. The van der Waals surface area contributed by atoms with E-state index in [9.17, 15) is 5.11 Å². The lowest BCUT2D eigenvalue weighted by atomic mass is 9.85. The molecule has 0 saturated carbocycles. The van der Waals surface area contributed by atoms with Crippen molar-refractivity contribution in [2.75, 3.05) is 0 Å². The summed E-state index contributed by atoms with van der Waals surface area (Å²) in [4.78, 5) is 7.87. The molecule has 0 aliphatic carbocycles. The van der Waals surface area contributed by atoms with Gasteiger partial charge >= 0.3 is 0 Å². The lowest BCUT2D eigenvalue weighted by molar-refractivity contribution is 0.0495. The summed E-state index contributed by atoms with van der Waals surface area (Å²) in [5.74, 6) is 6.52. The molecule has 1 aromatic rings. The molecule has 1 aromatic heterocycles. The molecule has 0 fully saturated rings. The third-order valence-electron chi connectivity index (χ3n) is 2.63. The first-order valence-corrected chi connectivity index (χ1v) is 5.94. The molecular formula is C14H20N2O. The standard InChI is InChI=1S/C14H20N2O/c1-11(2)6-5-7-14(17,12(3)4)13-8-15-10-16-9-13/h8-12,17H,6H2,1-4H3. The van der Waals surface area contributed by atoms with Crippen LogP contribution in [0.15, 0.2) is 18.7 Å². The second-order valence-corrected chi connectivity index (χ2v) is 4.95. The molecule has 3 nitrogen and oxygen atoms in total. The third-order valence-corrected chi connectivity index (χ3v) is 2.63. The minimum Gasteiger partial charge on any atom is -0.373 e. The predicted molar refractivity (Wildman–Crippen MR) is 68.0 cm³/mol. The minimum absolute atomic E-state index is 0.00633. The van der Waals surface area contributed by atoms with E-state index in [2.05, 4.69) is 35.7 Å². The van der Waals surface area contributed by atoms with E-state index >= 15 is 0 Å². The normalized spacial score (nSPS) is 14.3. The highest BCUT2D eigenvalue weighted by Crippen LogP contribution is 2.27. The highest BCUT2D eigenvalue weighted by molar-refractivity contribution is 5.28. The summed E-state index contributed by atoms with van der Waals surface area (Å²) in [7, 11) is 0. The van der Waals surface area contributed by atoms with E-state index < -0.39 is 5.60 Å². The zero-order chi connectivity index (χ0) is 12.9. The van der Waals surface area contributed by atoms with Gasteiger partial charge in [0.1, 0.15) is 6.33 Å². The van der Waals surface area contributed by atoms with Crippen LogP contribution >= 0.6 is 0 Å². The van der Waals surface area contributed by atoms with Crippen molar-refractivity contribution in [1.29, 1.82) is 0 Å². The molecule has 0 saturated heterocycles. The molecule has 1 unspecified atom stereocenters. The minimum atomic E-state index is -1.16. The number of nitrogens with zero attached hydrogens (tertiary/aromatic N) is 2. The van der Waals surface area contributed by atoms with Gasteiger partial charge in [0.05, 0.1) is 0 Å². The highest BCUT2D eigenvalue weighted by atomic mass is 16.3. The van der Waals surface area contributed by atoms with Gasteiger partial charge in [0, 0.05) is 24.4 Å². The molecule has 1 rings (SSSR count). The fourth-order valence-electron chi connectivity index (χ4n) is 1.44. The Balaban J connectivity index is 3.01. The van der Waals surface area contributed by atoms with Crippen LogP contribution in [0.25, 0.3) is 0 Å². The van der Waals surface area contributed by atoms with Crippen molar-refractivity contribution < 1.29 is 5.11 Å². The zero-order valence-electron chi connectivity index (χ0n) is 10.9. The van der Waals surface area contributed by atoms with Crippen LogP contribution in [0.5, 0.6) is 0 Å². The van der Waals surface area contributed by atoms with E-state index in [1.807, 2.05) is 13.8 Å². The molecule has 0 radical (unpaired) electrons. The van der Waals surface area contributed by atoms with E-state index in [1.165, 1.54) is 6.33 Å². The van der Waals surface area contributed by atoms with Gasteiger partial charge in [-0.2, -0.15) is 0 Å². The molecule has 92 valence electrons. The first-order valence-electron chi connectivity index (χ1n) is 5.94. The van der Waals surface area contributed by atoms with Gasteiger partial charge in [-0.15, -0.1) is 0 Å². The summed E-state index contributed by atoms with van der Waals surface area (Å²) >= 11 is 0. The average molecular weight is 232 g/mol. The van der Waals surface area contributed by atoms with Gasteiger partial charge in [0.25, 0.3) is 0 Å². The Morgan fingerprint density at radius 2 is 1.82 bits per heavy atom. The number of hydrogen-bond donors (Lipinski definition) is 1. The fourth-order valence-corrected chi connectivity index (χ4v) is 1.44. The van der Waals surface area contributed by atoms with Crippen LogP contribution in [0.1, 0.15) is 39.7 Å². The Morgan fingerprint density at radius 3 is 2.29 bits per heavy atom. The summed E-state index contributed by atoms with van der Waals surface area (Å²) < 4.78 is 0. The molecular weight excluding hydrogens is 212 g/mol. The Labute approximate surface area is 103 Å². The van der Waals surface area contributed by atoms with Crippen molar-refractivity contribution in [1.82, 2.24) is 9.97 Å². The Morgan fingerprint density at radius 1 is 1.24 bits per heavy atom. The Kier molecular flexibility index (Phi) is 4.65. The van der Waals surface area contributed by atoms with Crippen molar-refractivity contribution >= 4 is 0 Å². The maximum absolute atomic E-state index is 10.6. The largest absolute Gasteiger partial charge is 0.373 e. The lowest BCUT2D eigenvalue weighted by Crippen LogP contribution is -2.30. The van der Waals surface area contributed by atoms with Crippen LogP contribution in [0.3, 0.4) is 0 Å². The van der Waals surface area contributed by atoms with Crippen molar-refractivity contribution in [3.05, 3.63) is 24.3 Å². The first kappa shape index (κ1) is 13.7. The molecule has 0 aliphatic heterocycles. The number of aromatic nitrogens is 2. The summed E-state index contributed by atoms with van der Waals surface area (Å²) in [6, 6.07) is 0. The summed E-state index contributed by atoms with van der Waals surface area (Å²) in [5, 5.41) is 10.6. The summed E-state index contributed by atoms with van der Waals surface area (Å²) in [5.41, 5.74) is -0.498. The highest BCUT2D eigenvalue weighted by Gasteiger charge is 2.31. The van der Waals surface area contributed by atoms with Gasteiger partial charge in [-0.3, -0.25) is 0 Å². The van der Waals surface area contributed by atoms with Crippen LogP contribution in [0.4, 0.5) is 0 Å². The molecule has 0 amide bonds. The van der Waals surface area contributed by atoms with Crippen molar-refractivity contribution in [2.24, 2.45) is 11.8 Å². The second-order valence-electron chi connectivity index (χ2n) is 4.95. The first-order chi connectivity index (χ1) is 7.97. The second kappa shape index (κ2) is 5.79. The van der Waals surface area contributed by atoms with Gasteiger partial charge in [0.2, 0.25) is 0 Å². The van der Waals surface area contributed by atoms with E-state index in [0.717, 1.165) is 6.42 Å². The van der Waals surface area contributed by atoms with Gasteiger partial charge in [-0.1, -0.05) is 39.5 Å². The third kappa shape index (κ3) is 3.54. The maximum Gasteiger partial charge on any atom is 0.156 e. The molecule has 3 heteroatoms. The van der Waals surface area contributed by atoms with E-state index in [-0.39, 0.29) is 5.92 Å². The molecule has 0 spiro atoms. The maximum atomic E-state index is 10.6. The van der Waals surface area contributed by atoms with E-state index in [4.69, 9.17) is 0 Å². The zero-order valence-corrected chi connectivity index (χ0v) is 10.9. The summed E-state index contributed by atoms with van der Waals surface area (Å²) in [6.45, 7) is 8.09. The summed E-state index contributed by atoms with van der Waals surface area (Å²) in [6.07, 6.45) is 5.47. The predicted octanol–water partition coefficient (Wildman–Crippen LogP) is 2.37. The average Bonchev–Trinajstić information content (AvgIpc) is 2.29. The van der Waals surface area contributed by atoms with E-state index in [1.54, 1.807) is 12.4 Å². The molecule has 1 atom stereocenters. The van der Waals surface area contributed by atoms with E-state index in [0.29, 0.717) is 11.5 Å². The monoisotopic (exact) mass is 232 g/mol. The fraction of sp³-hybridized carbons (Fsp3) is 0.571. The number of aliphatic hydroxyl groups is 1. The van der Waals surface area contributed by atoms with Crippen LogP contribution in [0.2, 0.25) is 0 Å². The SMILES string of the molecule is CC(C)CC#CC(O)(c1cncnc1)C(C)C. The van der Waals surface area contributed by atoms with Crippen LogP contribution in [-0.4, -0.2) is 15.1 Å². The van der Waals surface area contributed by atoms with Crippen molar-refractivity contribution in [3.63, 3.8) is 0 Å². The Bertz CT molecular complexity index is 403. The van der Waals surface area contributed by atoms with Crippen LogP contribution in [0, 0.1) is 23.7 Å². The van der Waals surface area contributed by atoms with Gasteiger partial charge in [0.15, 0.2) is 5.60 Å². The van der Waals surface area contributed by atoms with Gasteiger partial charge < -0.3 is 5.11 Å². The topological polar surface area (TPSA) is 46.0 Å². The van der Waals surface area contributed by atoms with Crippen molar-refractivity contribution in [2.45, 2.75) is 39.7 Å².